The van der Waals surface area contributed by atoms with Gasteiger partial charge in [0.2, 0.25) is 5.91 Å². The Morgan fingerprint density at radius 1 is 1.45 bits per heavy atom. The standard InChI is InChI=1S/C14H21ClN2O2.ClH/c1-11(12-6-4-5-7-13(12)15)17(2)14(18)10-16-8-9-19-3;/h4-7,11,16H,8-10H2,1-3H3;1H. The van der Waals surface area contributed by atoms with Gasteiger partial charge in [-0.15, -0.1) is 12.4 Å². The van der Waals surface area contributed by atoms with Crippen molar-refractivity contribution in [2.24, 2.45) is 0 Å². The summed E-state index contributed by atoms with van der Waals surface area (Å²) in [5.74, 6) is 0.0310. The van der Waals surface area contributed by atoms with Crippen molar-refractivity contribution in [1.29, 1.82) is 0 Å². The molecule has 6 heteroatoms. The van der Waals surface area contributed by atoms with Crippen LogP contribution in [0.5, 0.6) is 0 Å². The van der Waals surface area contributed by atoms with Crippen LogP contribution in [0.4, 0.5) is 0 Å². The number of likely N-dealkylation sites (N-methyl/N-ethyl adjacent to an activating group) is 1. The maximum absolute atomic E-state index is 12.0. The van der Waals surface area contributed by atoms with Crippen molar-refractivity contribution in [1.82, 2.24) is 10.2 Å². The maximum Gasteiger partial charge on any atom is 0.236 e. The van der Waals surface area contributed by atoms with E-state index in [0.29, 0.717) is 24.7 Å². The average Bonchev–Trinajstić information content (AvgIpc) is 2.42. The number of amides is 1. The predicted molar refractivity (Wildman–Crippen MR) is 84.6 cm³/mol. The molecule has 0 heterocycles. The minimum absolute atomic E-state index is 0. The molecule has 20 heavy (non-hydrogen) atoms. The van der Waals surface area contributed by atoms with Gasteiger partial charge in [-0.1, -0.05) is 29.8 Å². The van der Waals surface area contributed by atoms with E-state index in [-0.39, 0.29) is 24.4 Å². The van der Waals surface area contributed by atoms with Crippen LogP contribution in [0.1, 0.15) is 18.5 Å². The van der Waals surface area contributed by atoms with E-state index in [1.54, 1.807) is 19.1 Å². The smallest absolute Gasteiger partial charge is 0.236 e. The molecule has 0 bridgehead atoms. The highest BCUT2D eigenvalue weighted by atomic mass is 35.5. The zero-order chi connectivity index (χ0) is 14.3. The first-order chi connectivity index (χ1) is 9.07. The molecule has 1 aromatic carbocycles. The molecule has 1 amide bonds. The van der Waals surface area contributed by atoms with Crippen molar-refractivity contribution in [3.8, 4) is 0 Å². The van der Waals surface area contributed by atoms with E-state index in [1.807, 2.05) is 31.2 Å². The van der Waals surface area contributed by atoms with E-state index in [4.69, 9.17) is 16.3 Å². The highest BCUT2D eigenvalue weighted by Crippen LogP contribution is 2.25. The molecular weight excluding hydrogens is 299 g/mol. The van der Waals surface area contributed by atoms with Gasteiger partial charge in [-0.25, -0.2) is 0 Å². The van der Waals surface area contributed by atoms with Crippen LogP contribution >= 0.6 is 24.0 Å². The number of hydrogen-bond acceptors (Lipinski definition) is 3. The summed E-state index contributed by atoms with van der Waals surface area (Å²) in [6, 6.07) is 7.53. The summed E-state index contributed by atoms with van der Waals surface area (Å²) in [5, 5.41) is 3.72. The van der Waals surface area contributed by atoms with E-state index in [1.165, 1.54) is 0 Å². The van der Waals surface area contributed by atoms with Crippen LogP contribution < -0.4 is 5.32 Å². The first kappa shape index (κ1) is 19.2. The molecular formula is C14H22Cl2N2O2. The van der Waals surface area contributed by atoms with E-state index in [9.17, 15) is 4.79 Å². The van der Waals surface area contributed by atoms with Crippen LogP contribution in [-0.4, -0.2) is 44.7 Å². The van der Waals surface area contributed by atoms with Gasteiger partial charge < -0.3 is 15.0 Å². The topological polar surface area (TPSA) is 41.6 Å². The Balaban J connectivity index is 0.00000361. The molecule has 0 saturated heterocycles. The van der Waals surface area contributed by atoms with Crippen LogP contribution in [0.25, 0.3) is 0 Å². The third-order valence-corrected chi connectivity index (χ3v) is 3.43. The van der Waals surface area contributed by atoms with E-state index < -0.39 is 0 Å². The van der Waals surface area contributed by atoms with Crippen molar-refractivity contribution in [2.75, 3.05) is 33.9 Å². The molecule has 0 aromatic heterocycles. The maximum atomic E-state index is 12.0. The number of rotatable bonds is 7. The van der Waals surface area contributed by atoms with Gasteiger partial charge in [0.1, 0.15) is 0 Å². The number of benzene rings is 1. The number of carbonyl (C=O) groups excluding carboxylic acids is 1. The summed E-state index contributed by atoms with van der Waals surface area (Å²) >= 11 is 6.14. The summed E-state index contributed by atoms with van der Waals surface area (Å²) in [5.41, 5.74) is 0.955. The number of nitrogens with zero attached hydrogens (tertiary/aromatic N) is 1. The molecule has 1 unspecified atom stereocenters. The number of methoxy groups -OCH3 is 1. The lowest BCUT2D eigenvalue weighted by Crippen LogP contribution is -2.38. The minimum Gasteiger partial charge on any atom is -0.383 e. The Morgan fingerprint density at radius 2 is 2.10 bits per heavy atom. The number of ether oxygens (including phenoxy) is 1. The molecule has 0 aliphatic carbocycles. The van der Waals surface area contributed by atoms with Crippen molar-refractivity contribution in [3.05, 3.63) is 34.9 Å². The van der Waals surface area contributed by atoms with Crippen LogP contribution in [0.2, 0.25) is 5.02 Å². The van der Waals surface area contributed by atoms with Crippen molar-refractivity contribution < 1.29 is 9.53 Å². The molecule has 0 aliphatic heterocycles. The van der Waals surface area contributed by atoms with Crippen LogP contribution in [0.3, 0.4) is 0 Å². The fourth-order valence-electron chi connectivity index (χ4n) is 1.73. The SMILES string of the molecule is COCCNCC(=O)N(C)C(C)c1ccccc1Cl.Cl. The van der Waals surface area contributed by atoms with Gasteiger partial charge in [0.15, 0.2) is 0 Å². The first-order valence-electron chi connectivity index (χ1n) is 6.27. The predicted octanol–water partition coefficient (Wildman–Crippen LogP) is 2.52. The molecule has 0 spiro atoms. The van der Waals surface area contributed by atoms with Gasteiger partial charge in [-0.2, -0.15) is 0 Å². The Kier molecular flexibility index (Phi) is 9.59. The molecule has 114 valence electrons. The highest BCUT2D eigenvalue weighted by molar-refractivity contribution is 6.31. The zero-order valence-electron chi connectivity index (χ0n) is 12.1. The summed E-state index contributed by atoms with van der Waals surface area (Å²) < 4.78 is 4.91. The Labute approximate surface area is 131 Å². The molecule has 0 radical (unpaired) electrons. The fraction of sp³-hybridized carbons (Fsp3) is 0.500. The van der Waals surface area contributed by atoms with Gasteiger partial charge in [-0.3, -0.25) is 4.79 Å². The lowest BCUT2D eigenvalue weighted by molar-refractivity contribution is -0.130. The van der Waals surface area contributed by atoms with E-state index in [2.05, 4.69) is 5.32 Å². The summed E-state index contributed by atoms with van der Waals surface area (Å²) in [4.78, 5) is 13.7. The van der Waals surface area contributed by atoms with Crippen LogP contribution in [0.15, 0.2) is 24.3 Å². The molecule has 4 nitrogen and oxygen atoms in total. The Hall–Kier alpha value is -0.810. The van der Waals surface area contributed by atoms with Crippen LogP contribution in [0, 0.1) is 0 Å². The molecule has 1 N–H and O–H groups in total. The number of hydrogen-bond donors (Lipinski definition) is 1. The third kappa shape index (κ3) is 5.67. The molecule has 1 aromatic rings. The van der Waals surface area contributed by atoms with Gasteiger partial charge >= 0.3 is 0 Å². The van der Waals surface area contributed by atoms with E-state index in [0.717, 1.165) is 5.56 Å². The molecule has 0 saturated carbocycles. The van der Waals surface area contributed by atoms with Crippen molar-refractivity contribution >= 4 is 29.9 Å². The normalized spacial score (nSPS) is 11.6. The van der Waals surface area contributed by atoms with Crippen molar-refractivity contribution in [3.63, 3.8) is 0 Å². The monoisotopic (exact) mass is 320 g/mol. The quantitative estimate of drug-likeness (QED) is 0.785. The molecule has 0 aliphatic rings. The lowest BCUT2D eigenvalue weighted by Gasteiger charge is -2.26. The van der Waals surface area contributed by atoms with Gasteiger partial charge in [0.25, 0.3) is 0 Å². The number of nitrogens with one attached hydrogen (secondary N) is 1. The third-order valence-electron chi connectivity index (χ3n) is 3.09. The molecule has 1 rings (SSSR count). The second kappa shape index (κ2) is 10.00. The van der Waals surface area contributed by atoms with E-state index >= 15 is 0 Å². The number of carbonyl (C=O) groups is 1. The summed E-state index contributed by atoms with van der Waals surface area (Å²) in [7, 11) is 3.42. The number of halogens is 2. The summed E-state index contributed by atoms with van der Waals surface area (Å²) in [6.07, 6.45) is 0. The average molecular weight is 321 g/mol. The second-order valence-electron chi connectivity index (χ2n) is 4.37. The zero-order valence-corrected chi connectivity index (χ0v) is 13.6. The van der Waals surface area contributed by atoms with Crippen molar-refractivity contribution in [2.45, 2.75) is 13.0 Å². The Morgan fingerprint density at radius 3 is 2.70 bits per heavy atom. The van der Waals surface area contributed by atoms with Gasteiger partial charge in [0.05, 0.1) is 19.2 Å². The van der Waals surface area contributed by atoms with Gasteiger partial charge in [0, 0.05) is 25.7 Å². The minimum atomic E-state index is -0.0505. The highest BCUT2D eigenvalue weighted by Gasteiger charge is 2.18. The van der Waals surface area contributed by atoms with Crippen LogP contribution in [-0.2, 0) is 9.53 Å². The first-order valence-corrected chi connectivity index (χ1v) is 6.65. The lowest BCUT2D eigenvalue weighted by atomic mass is 10.1. The Bertz CT molecular complexity index is 416. The molecule has 1 atom stereocenters. The second-order valence-corrected chi connectivity index (χ2v) is 4.78. The largest absolute Gasteiger partial charge is 0.383 e. The van der Waals surface area contributed by atoms with Gasteiger partial charge in [-0.05, 0) is 18.6 Å². The summed E-state index contributed by atoms with van der Waals surface area (Å²) in [6.45, 7) is 3.52. The molecule has 0 fully saturated rings. The fourth-order valence-corrected chi connectivity index (χ4v) is 2.03.